The third kappa shape index (κ3) is 4.16. The van der Waals surface area contributed by atoms with Crippen LogP contribution in [0.5, 0.6) is 0 Å². The predicted molar refractivity (Wildman–Crippen MR) is 62.2 cm³/mol. The first-order valence-corrected chi connectivity index (χ1v) is 4.87. The van der Waals surface area contributed by atoms with Crippen LogP contribution in [0, 0.1) is 0 Å². The van der Waals surface area contributed by atoms with Crippen LogP contribution >= 0.6 is 0 Å². The Bertz CT molecular complexity index is 288. The van der Waals surface area contributed by atoms with Gasteiger partial charge >= 0.3 is 12.0 Å². The summed E-state index contributed by atoms with van der Waals surface area (Å²) >= 11 is 0. The summed E-state index contributed by atoms with van der Waals surface area (Å²) in [6.07, 6.45) is 3.13. The predicted octanol–water partition coefficient (Wildman–Crippen LogP) is 1.23. The zero-order valence-corrected chi connectivity index (χ0v) is 9.69. The van der Waals surface area contributed by atoms with E-state index in [1.54, 1.807) is 12.2 Å². The maximum atomic E-state index is 11.7. The highest BCUT2D eigenvalue weighted by Crippen LogP contribution is 2.03. The van der Waals surface area contributed by atoms with Gasteiger partial charge < -0.3 is 15.3 Å². The summed E-state index contributed by atoms with van der Waals surface area (Å²) < 4.78 is 0. The Labute approximate surface area is 95.4 Å². The van der Waals surface area contributed by atoms with Gasteiger partial charge in [0, 0.05) is 13.1 Å². The molecule has 0 rings (SSSR count). The lowest BCUT2D eigenvalue weighted by Crippen LogP contribution is -2.54. The summed E-state index contributed by atoms with van der Waals surface area (Å²) in [4.78, 5) is 23.9. The van der Waals surface area contributed by atoms with Crippen LogP contribution in [0.25, 0.3) is 0 Å². The van der Waals surface area contributed by atoms with Crippen LogP contribution in [0.2, 0.25) is 0 Å². The molecule has 0 saturated carbocycles. The molecule has 0 heterocycles. The number of rotatable bonds is 6. The van der Waals surface area contributed by atoms with Gasteiger partial charge in [0.05, 0.1) is 0 Å². The second-order valence-corrected chi connectivity index (χ2v) is 3.84. The molecule has 0 aliphatic rings. The van der Waals surface area contributed by atoms with E-state index >= 15 is 0 Å². The van der Waals surface area contributed by atoms with Crippen molar-refractivity contribution in [3.8, 4) is 0 Å². The molecular formula is C11H18N2O3. The summed E-state index contributed by atoms with van der Waals surface area (Å²) in [5.41, 5.74) is -1.29. The fourth-order valence-electron chi connectivity index (χ4n) is 0.952. The van der Waals surface area contributed by atoms with E-state index in [0.29, 0.717) is 13.1 Å². The molecule has 16 heavy (non-hydrogen) atoms. The fraction of sp³-hybridized carbons (Fsp3) is 0.455. The van der Waals surface area contributed by atoms with E-state index in [-0.39, 0.29) is 0 Å². The molecule has 0 aromatic heterocycles. The van der Waals surface area contributed by atoms with Gasteiger partial charge in [-0.25, -0.2) is 9.59 Å². The number of amides is 2. The highest BCUT2D eigenvalue weighted by molar-refractivity contribution is 5.85. The summed E-state index contributed by atoms with van der Waals surface area (Å²) in [5, 5.41) is 11.3. The molecule has 0 radical (unpaired) electrons. The molecule has 0 aromatic carbocycles. The molecule has 0 atom stereocenters. The molecule has 0 unspecified atom stereocenters. The second-order valence-electron chi connectivity index (χ2n) is 3.84. The molecule has 5 heteroatoms. The summed E-state index contributed by atoms with van der Waals surface area (Å²) in [6.45, 7) is 10.6. The van der Waals surface area contributed by atoms with Crippen molar-refractivity contribution in [3.05, 3.63) is 25.3 Å². The molecule has 0 fully saturated rings. The molecule has 90 valence electrons. The van der Waals surface area contributed by atoms with Gasteiger partial charge in [0.2, 0.25) is 0 Å². The first-order valence-electron chi connectivity index (χ1n) is 4.87. The average molecular weight is 226 g/mol. The van der Waals surface area contributed by atoms with E-state index in [4.69, 9.17) is 5.11 Å². The van der Waals surface area contributed by atoms with E-state index in [1.807, 2.05) is 0 Å². The second kappa shape index (κ2) is 5.95. The van der Waals surface area contributed by atoms with Gasteiger partial charge in [-0.1, -0.05) is 12.2 Å². The van der Waals surface area contributed by atoms with Crippen molar-refractivity contribution in [2.45, 2.75) is 19.4 Å². The lowest BCUT2D eigenvalue weighted by atomic mass is 10.1. The number of carboxylic acid groups (broad SMARTS) is 1. The largest absolute Gasteiger partial charge is 0.480 e. The zero-order valence-electron chi connectivity index (χ0n) is 9.69. The molecule has 2 N–H and O–H groups in total. The first-order chi connectivity index (χ1) is 7.35. The highest BCUT2D eigenvalue weighted by Gasteiger charge is 2.30. The Balaban J connectivity index is 4.57. The Hall–Kier alpha value is -1.78. The smallest absolute Gasteiger partial charge is 0.328 e. The molecule has 0 aliphatic heterocycles. The monoisotopic (exact) mass is 226 g/mol. The third-order valence-corrected chi connectivity index (χ3v) is 1.94. The highest BCUT2D eigenvalue weighted by atomic mass is 16.4. The summed E-state index contributed by atoms with van der Waals surface area (Å²) in [7, 11) is 0. The number of carbonyl (C=O) groups is 2. The van der Waals surface area contributed by atoms with Gasteiger partial charge in [0.25, 0.3) is 0 Å². The van der Waals surface area contributed by atoms with E-state index in [2.05, 4.69) is 18.5 Å². The van der Waals surface area contributed by atoms with Crippen molar-refractivity contribution < 1.29 is 14.7 Å². The van der Waals surface area contributed by atoms with Crippen molar-refractivity contribution in [1.29, 1.82) is 0 Å². The van der Waals surface area contributed by atoms with Crippen molar-refractivity contribution >= 4 is 12.0 Å². The van der Waals surface area contributed by atoms with Crippen LogP contribution in [0.4, 0.5) is 4.79 Å². The van der Waals surface area contributed by atoms with Crippen LogP contribution in [0.3, 0.4) is 0 Å². The van der Waals surface area contributed by atoms with E-state index in [0.717, 1.165) is 0 Å². The number of aliphatic carboxylic acids is 1. The van der Waals surface area contributed by atoms with Crippen LogP contribution in [0.15, 0.2) is 25.3 Å². The molecule has 2 amide bonds. The maximum Gasteiger partial charge on any atom is 0.328 e. The standard InChI is InChI=1S/C11H18N2O3/c1-5-7-13(8-6-2)10(16)12-11(3,4)9(14)15/h5-6H,1-2,7-8H2,3-4H3,(H,12,16)(H,14,15). The van der Waals surface area contributed by atoms with Crippen molar-refractivity contribution in [3.63, 3.8) is 0 Å². The van der Waals surface area contributed by atoms with Crippen LogP contribution in [0.1, 0.15) is 13.8 Å². The first kappa shape index (κ1) is 14.2. The van der Waals surface area contributed by atoms with Crippen molar-refractivity contribution in [2.75, 3.05) is 13.1 Å². The lowest BCUT2D eigenvalue weighted by Gasteiger charge is -2.26. The van der Waals surface area contributed by atoms with Gasteiger partial charge in [0.1, 0.15) is 5.54 Å². The number of carbonyl (C=O) groups excluding carboxylic acids is 1. The number of nitrogens with one attached hydrogen (secondary N) is 1. The molecule has 0 bridgehead atoms. The van der Waals surface area contributed by atoms with Crippen LogP contribution in [-0.2, 0) is 4.79 Å². The van der Waals surface area contributed by atoms with E-state index in [9.17, 15) is 9.59 Å². The van der Waals surface area contributed by atoms with Gasteiger partial charge in [-0.3, -0.25) is 0 Å². The normalized spacial score (nSPS) is 10.4. The quantitative estimate of drug-likeness (QED) is 0.669. The Morgan fingerprint density at radius 1 is 1.31 bits per heavy atom. The summed E-state index contributed by atoms with van der Waals surface area (Å²) in [6, 6.07) is -0.452. The fourth-order valence-corrected chi connectivity index (χ4v) is 0.952. The minimum atomic E-state index is -1.29. The topological polar surface area (TPSA) is 69.6 Å². The third-order valence-electron chi connectivity index (χ3n) is 1.94. The molecule has 0 saturated heterocycles. The Morgan fingerprint density at radius 3 is 2.06 bits per heavy atom. The number of carboxylic acids is 1. The Morgan fingerprint density at radius 2 is 1.75 bits per heavy atom. The number of hydrogen-bond donors (Lipinski definition) is 2. The minimum Gasteiger partial charge on any atom is -0.480 e. The van der Waals surface area contributed by atoms with Crippen molar-refractivity contribution in [2.24, 2.45) is 0 Å². The van der Waals surface area contributed by atoms with Crippen LogP contribution in [-0.4, -0.2) is 40.6 Å². The van der Waals surface area contributed by atoms with Gasteiger partial charge in [-0.05, 0) is 13.8 Å². The summed E-state index contributed by atoms with van der Waals surface area (Å²) in [5.74, 6) is -1.09. The molecular weight excluding hydrogens is 208 g/mol. The number of urea groups is 1. The maximum absolute atomic E-state index is 11.7. The van der Waals surface area contributed by atoms with Gasteiger partial charge in [-0.2, -0.15) is 0 Å². The minimum absolute atomic E-state index is 0.341. The van der Waals surface area contributed by atoms with E-state index in [1.165, 1.54) is 18.7 Å². The molecule has 0 spiro atoms. The van der Waals surface area contributed by atoms with Crippen molar-refractivity contribution in [1.82, 2.24) is 10.2 Å². The molecule has 0 aliphatic carbocycles. The number of hydrogen-bond acceptors (Lipinski definition) is 2. The van der Waals surface area contributed by atoms with Crippen LogP contribution < -0.4 is 5.32 Å². The van der Waals surface area contributed by atoms with E-state index < -0.39 is 17.5 Å². The van der Waals surface area contributed by atoms with Gasteiger partial charge in [0.15, 0.2) is 0 Å². The number of nitrogens with zero attached hydrogens (tertiary/aromatic N) is 1. The lowest BCUT2D eigenvalue weighted by molar-refractivity contribution is -0.143. The van der Waals surface area contributed by atoms with Gasteiger partial charge in [-0.15, -0.1) is 13.2 Å². The Kier molecular flexibility index (Phi) is 5.29. The SMILES string of the molecule is C=CCN(CC=C)C(=O)NC(C)(C)C(=O)O. The average Bonchev–Trinajstić information content (AvgIpc) is 2.16. The molecule has 0 aromatic rings. The molecule has 5 nitrogen and oxygen atoms in total. The zero-order chi connectivity index (χ0) is 12.8.